The summed E-state index contributed by atoms with van der Waals surface area (Å²) < 4.78 is 24.0. The molecule has 0 saturated carbocycles. The van der Waals surface area contributed by atoms with Crippen molar-refractivity contribution in [1.29, 1.82) is 0 Å². The number of hydrogen-bond acceptors (Lipinski definition) is 4. The maximum absolute atomic E-state index is 13.0. The normalized spacial score (nSPS) is 23.7. The fourth-order valence-corrected chi connectivity index (χ4v) is 5.57. The van der Waals surface area contributed by atoms with Gasteiger partial charge in [-0.3, -0.25) is 0 Å². The highest BCUT2D eigenvalue weighted by atomic mass is 32.2. The topological polar surface area (TPSA) is 112 Å². The molecule has 1 aromatic heterocycles. The summed E-state index contributed by atoms with van der Waals surface area (Å²) in [5, 5.41) is 13.0. The monoisotopic (exact) mass is 401 g/mol. The van der Waals surface area contributed by atoms with Gasteiger partial charge < -0.3 is 10.1 Å². The third-order valence-corrected chi connectivity index (χ3v) is 7.16. The number of hydrogen-bond donors (Lipinski definition) is 2. The van der Waals surface area contributed by atoms with Crippen LogP contribution < -0.4 is 15.2 Å². The number of aryl methyl sites for hydroxylation is 1. The molecule has 2 aromatic rings. The van der Waals surface area contributed by atoms with Gasteiger partial charge in [-0.15, -0.1) is 4.36 Å². The Morgan fingerprint density at radius 3 is 3.00 bits per heavy atom. The van der Waals surface area contributed by atoms with E-state index in [4.69, 9.17) is 9.88 Å². The Kier molecular flexibility index (Phi) is 3.82. The van der Waals surface area contributed by atoms with Crippen molar-refractivity contribution in [1.82, 2.24) is 9.78 Å². The van der Waals surface area contributed by atoms with Gasteiger partial charge in [0.15, 0.2) is 9.92 Å². The summed E-state index contributed by atoms with van der Waals surface area (Å²) in [5.74, 6) is 0.724. The molecule has 0 spiro atoms. The quantitative estimate of drug-likeness (QED) is 0.806. The van der Waals surface area contributed by atoms with E-state index in [1.165, 1.54) is 28.5 Å². The zero-order valence-corrected chi connectivity index (χ0v) is 16.7. The lowest BCUT2D eigenvalue weighted by Crippen LogP contribution is -2.23. The third-order valence-electron chi connectivity index (χ3n) is 5.81. The van der Waals surface area contributed by atoms with Crippen LogP contribution >= 0.6 is 0 Å². The fourth-order valence-electron chi connectivity index (χ4n) is 4.58. The number of carbonyl (C=O) groups excluding carboxylic acids is 1. The summed E-state index contributed by atoms with van der Waals surface area (Å²) in [6, 6.07) is 1.57. The lowest BCUT2D eigenvalue weighted by Gasteiger charge is -2.31. The molecular formula is C19H23N5O3S. The number of nitrogens with two attached hydrogens (primary N) is 1. The van der Waals surface area contributed by atoms with Gasteiger partial charge in [-0.1, -0.05) is 13.0 Å². The van der Waals surface area contributed by atoms with Crippen LogP contribution in [-0.2, 0) is 35.7 Å². The van der Waals surface area contributed by atoms with Crippen LogP contribution in [0.25, 0.3) is 0 Å². The van der Waals surface area contributed by atoms with E-state index in [0.29, 0.717) is 18.3 Å². The minimum Gasteiger partial charge on any atom is -0.472 e. The Bertz CT molecular complexity index is 1130. The lowest BCUT2D eigenvalue weighted by atomic mass is 9.75. The number of fused-ring (bicyclic) bond motifs is 3. The average molecular weight is 401 g/mol. The van der Waals surface area contributed by atoms with Gasteiger partial charge in [0, 0.05) is 5.69 Å². The van der Waals surface area contributed by atoms with E-state index in [2.05, 4.69) is 27.8 Å². The molecular weight excluding hydrogens is 378 g/mol. The van der Waals surface area contributed by atoms with E-state index in [-0.39, 0.29) is 11.0 Å². The molecule has 148 valence electrons. The van der Waals surface area contributed by atoms with Crippen LogP contribution in [0, 0.1) is 0 Å². The minimum atomic E-state index is -3.46. The number of ether oxygens (including phenoxy) is 1. The zero-order chi connectivity index (χ0) is 19.6. The highest BCUT2D eigenvalue weighted by Crippen LogP contribution is 2.45. The van der Waals surface area contributed by atoms with E-state index in [0.717, 1.165) is 31.4 Å². The molecule has 3 aliphatic rings. The second-order valence-corrected chi connectivity index (χ2v) is 9.70. The van der Waals surface area contributed by atoms with Gasteiger partial charge in [0.25, 0.3) is 0 Å². The van der Waals surface area contributed by atoms with Crippen molar-refractivity contribution in [3.8, 4) is 5.88 Å². The maximum atomic E-state index is 13.0. The van der Waals surface area contributed by atoms with Crippen LogP contribution in [0.1, 0.15) is 48.4 Å². The van der Waals surface area contributed by atoms with Crippen molar-refractivity contribution in [2.45, 2.75) is 63.0 Å². The van der Waals surface area contributed by atoms with Crippen LogP contribution in [0.3, 0.4) is 0 Å². The molecule has 1 aromatic carbocycles. The number of nitrogens with one attached hydrogen (secondary N) is 1. The molecule has 1 unspecified atom stereocenters. The first-order chi connectivity index (χ1) is 13.3. The second kappa shape index (κ2) is 6.05. The van der Waals surface area contributed by atoms with Crippen molar-refractivity contribution >= 4 is 21.6 Å². The first kappa shape index (κ1) is 17.7. The average Bonchev–Trinajstić information content (AvgIpc) is 3.27. The van der Waals surface area contributed by atoms with Crippen LogP contribution in [0.5, 0.6) is 5.88 Å². The van der Waals surface area contributed by atoms with Crippen LogP contribution in [0.2, 0.25) is 0 Å². The molecule has 2 aliphatic carbocycles. The third kappa shape index (κ3) is 2.64. The highest BCUT2D eigenvalue weighted by molar-refractivity contribution is 7.91. The molecule has 1 aliphatic heterocycles. The molecule has 9 heteroatoms. The van der Waals surface area contributed by atoms with Crippen LogP contribution in [0.15, 0.2) is 21.5 Å². The van der Waals surface area contributed by atoms with Gasteiger partial charge in [-0.05, 0) is 60.8 Å². The largest absolute Gasteiger partial charge is 0.472 e. The molecule has 2 heterocycles. The van der Waals surface area contributed by atoms with Gasteiger partial charge in [-0.25, -0.2) is 18.8 Å². The summed E-state index contributed by atoms with van der Waals surface area (Å²) in [4.78, 5) is 12.8. The first-order valence-corrected chi connectivity index (χ1v) is 11.2. The van der Waals surface area contributed by atoms with Crippen molar-refractivity contribution in [2.24, 2.45) is 9.50 Å². The molecule has 5 rings (SSSR count). The second-order valence-electron chi connectivity index (χ2n) is 7.94. The van der Waals surface area contributed by atoms with Crippen molar-refractivity contribution < 1.29 is 13.7 Å². The summed E-state index contributed by atoms with van der Waals surface area (Å²) >= 11 is 0. The number of rotatable bonds is 2. The fraction of sp³-hybridized carbons (Fsp3) is 0.474. The number of benzene rings is 1. The van der Waals surface area contributed by atoms with E-state index in [9.17, 15) is 9.00 Å². The summed E-state index contributed by atoms with van der Waals surface area (Å²) in [6.45, 7) is 4.59. The van der Waals surface area contributed by atoms with Gasteiger partial charge >= 0.3 is 6.03 Å². The summed E-state index contributed by atoms with van der Waals surface area (Å²) in [5.41, 5.74) is 5.79. The number of carbonyl (C=O) groups is 1. The standard InChI is InChI=1S/C19H23N5O3S/c1-10-6-13-7-12-4-3-5-14(12)17(16(10)13)22-19(25)23-28(20,26)15-8-21-24-9-11(2)27-18(15)24/h7-8,10-11H,3-6,9H2,1-2H3,(H3,20,22,23,25,26)/t10-,11+,28?/m0/s1. The van der Waals surface area contributed by atoms with Gasteiger partial charge in [0.2, 0.25) is 5.88 Å². The highest BCUT2D eigenvalue weighted by Gasteiger charge is 2.32. The van der Waals surface area contributed by atoms with Crippen molar-refractivity contribution in [3.63, 3.8) is 0 Å². The minimum absolute atomic E-state index is 0.0845. The Balaban J connectivity index is 1.49. The van der Waals surface area contributed by atoms with Crippen molar-refractivity contribution in [2.75, 3.05) is 5.32 Å². The smallest absolute Gasteiger partial charge is 0.354 e. The Hall–Kier alpha value is -2.39. The Morgan fingerprint density at radius 2 is 2.21 bits per heavy atom. The van der Waals surface area contributed by atoms with E-state index < -0.39 is 15.9 Å². The van der Waals surface area contributed by atoms with Gasteiger partial charge in [0.1, 0.15) is 11.0 Å². The molecule has 3 N–H and O–H groups in total. The number of anilines is 1. The van der Waals surface area contributed by atoms with Crippen molar-refractivity contribution in [3.05, 3.63) is 34.5 Å². The Morgan fingerprint density at radius 1 is 1.39 bits per heavy atom. The number of urea groups is 1. The lowest BCUT2D eigenvalue weighted by molar-refractivity contribution is 0.248. The molecule has 0 radical (unpaired) electrons. The van der Waals surface area contributed by atoms with E-state index in [1.54, 1.807) is 4.68 Å². The summed E-state index contributed by atoms with van der Waals surface area (Å²) in [6.07, 6.45) is 5.36. The maximum Gasteiger partial charge on any atom is 0.354 e. The molecule has 0 saturated heterocycles. The molecule has 28 heavy (non-hydrogen) atoms. The predicted molar refractivity (Wildman–Crippen MR) is 105 cm³/mol. The van der Waals surface area contributed by atoms with Gasteiger partial charge in [-0.2, -0.15) is 5.10 Å². The molecule has 3 atom stereocenters. The van der Waals surface area contributed by atoms with Crippen LogP contribution in [0.4, 0.5) is 10.5 Å². The molecule has 8 nitrogen and oxygen atoms in total. The summed E-state index contributed by atoms with van der Waals surface area (Å²) in [7, 11) is -3.46. The van der Waals surface area contributed by atoms with E-state index in [1.807, 2.05) is 6.92 Å². The number of aromatic nitrogens is 2. The molecule has 0 bridgehead atoms. The van der Waals surface area contributed by atoms with Crippen LogP contribution in [-0.4, -0.2) is 26.1 Å². The van der Waals surface area contributed by atoms with Gasteiger partial charge in [0.05, 0.1) is 12.7 Å². The SMILES string of the molecule is C[C@@H]1Cn2ncc(S(N)(=O)=NC(=O)Nc3c4c(cc5c3[C@@H](C)C5)CCC4)c2O1. The molecule has 0 fully saturated rings. The first-order valence-electron chi connectivity index (χ1n) is 9.59. The van der Waals surface area contributed by atoms with E-state index >= 15 is 0 Å². The Labute approximate surface area is 163 Å². The molecule has 2 amide bonds. The number of amides is 2. The zero-order valence-electron chi connectivity index (χ0n) is 15.9. The number of nitrogens with zero attached hydrogens (tertiary/aromatic N) is 3. The predicted octanol–water partition coefficient (Wildman–Crippen LogP) is 2.75.